The molecule has 1 fully saturated rings. The molecule has 1 aliphatic carbocycles. The summed E-state index contributed by atoms with van der Waals surface area (Å²) >= 11 is 5.89. The highest BCUT2D eigenvalue weighted by Crippen LogP contribution is 2.27. The molecule has 2 N–H and O–H groups in total. The number of esters is 1. The molecule has 0 atom stereocenters. The van der Waals surface area contributed by atoms with E-state index in [0.717, 1.165) is 19.3 Å². The number of rotatable bonds is 2. The molecule has 0 amide bonds. The van der Waals surface area contributed by atoms with E-state index in [9.17, 15) is 4.79 Å². The van der Waals surface area contributed by atoms with Crippen molar-refractivity contribution in [3.8, 4) is 0 Å². The van der Waals surface area contributed by atoms with Gasteiger partial charge < -0.3 is 10.5 Å². The van der Waals surface area contributed by atoms with Gasteiger partial charge in [0.25, 0.3) is 0 Å². The molecule has 3 nitrogen and oxygen atoms in total. The van der Waals surface area contributed by atoms with Gasteiger partial charge in [-0.3, -0.25) is 0 Å². The summed E-state index contributed by atoms with van der Waals surface area (Å²) < 4.78 is 5.23. The second kappa shape index (κ2) is 4.11. The van der Waals surface area contributed by atoms with Gasteiger partial charge in [0.2, 0.25) is 0 Å². The van der Waals surface area contributed by atoms with Crippen molar-refractivity contribution in [2.45, 2.75) is 25.4 Å². The Hall–Kier alpha value is -1.22. The number of carbonyl (C=O) groups excluding carboxylic acids is 1. The molecule has 1 aliphatic rings. The SMILES string of the molecule is Nc1cccc(Cl)c1C(=O)OC1CCC1. The molecule has 0 saturated heterocycles. The molecule has 0 unspecified atom stereocenters. The molecule has 0 aromatic heterocycles. The molecule has 0 radical (unpaired) electrons. The number of anilines is 1. The van der Waals surface area contributed by atoms with Crippen LogP contribution in [0, 0.1) is 0 Å². The van der Waals surface area contributed by atoms with Crippen LogP contribution in [0.3, 0.4) is 0 Å². The van der Waals surface area contributed by atoms with E-state index >= 15 is 0 Å². The van der Waals surface area contributed by atoms with Crippen LogP contribution < -0.4 is 5.73 Å². The zero-order chi connectivity index (χ0) is 10.8. The van der Waals surface area contributed by atoms with E-state index in [4.69, 9.17) is 22.1 Å². The molecule has 0 bridgehead atoms. The van der Waals surface area contributed by atoms with E-state index in [-0.39, 0.29) is 11.7 Å². The number of nitrogens with two attached hydrogens (primary N) is 1. The number of carbonyl (C=O) groups is 1. The quantitative estimate of drug-likeness (QED) is 0.622. The van der Waals surface area contributed by atoms with Crippen molar-refractivity contribution in [2.75, 3.05) is 5.73 Å². The van der Waals surface area contributed by atoms with Gasteiger partial charge in [0.1, 0.15) is 11.7 Å². The third kappa shape index (κ3) is 2.07. The average molecular weight is 226 g/mol. The van der Waals surface area contributed by atoms with Gasteiger partial charge in [0.05, 0.1) is 5.02 Å². The molecule has 15 heavy (non-hydrogen) atoms. The van der Waals surface area contributed by atoms with Crippen molar-refractivity contribution in [1.82, 2.24) is 0 Å². The normalized spacial score (nSPS) is 15.8. The van der Waals surface area contributed by atoms with Crippen LogP contribution in [0.25, 0.3) is 0 Å². The van der Waals surface area contributed by atoms with Crippen molar-refractivity contribution in [2.24, 2.45) is 0 Å². The average Bonchev–Trinajstić information content (AvgIpc) is 2.11. The van der Waals surface area contributed by atoms with E-state index in [1.807, 2.05) is 0 Å². The summed E-state index contributed by atoms with van der Waals surface area (Å²) in [6.07, 6.45) is 3.05. The molecular formula is C11H12ClNO2. The van der Waals surface area contributed by atoms with Crippen molar-refractivity contribution in [1.29, 1.82) is 0 Å². The number of hydrogen-bond donors (Lipinski definition) is 1. The number of benzene rings is 1. The van der Waals surface area contributed by atoms with Crippen molar-refractivity contribution >= 4 is 23.3 Å². The summed E-state index contributed by atoms with van der Waals surface area (Å²) in [6.45, 7) is 0. The van der Waals surface area contributed by atoms with Gasteiger partial charge in [0.15, 0.2) is 0 Å². The summed E-state index contributed by atoms with van der Waals surface area (Å²) in [4.78, 5) is 11.7. The van der Waals surface area contributed by atoms with Crippen LogP contribution in [0.2, 0.25) is 5.02 Å². The lowest BCUT2D eigenvalue weighted by Crippen LogP contribution is -2.25. The fraction of sp³-hybridized carbons (Fsp3) is 0.364. The Labute approximate surface area is 93.2 Å². The lowest BCUT2D eigenvalue weighted by Gasteiger charge is -2.25. The minimum atomic E-state index is -0.414. The predicted octanol–water partition coefficient (Wildman–Crippen LogP) is 2.63. The Morgan fingerprint density at radius 3 is 2.73 bits per heavy atom. The maximum absolute atomic E-state index is 11.7. The van der Waals surface area contributed by atoms with Crippen LogP contribution in [0.5, 0.6) is 0 Å². The van der Waals surface area contributed by atoms with E-state index in [1.54, 1.807) is 18.2 Å². The molecule has 80 valence electrons. The largest absolute Gasteiger partial charge is 0.459 e. The van der Waals surface area contributed by atoms with Gasteiger partial charge in [-0.15, -0.1) is 0 Å². The standard InChI is InChI=1S/C11H12ClNO2/c12-8-5-2-6-9(13)10(8)11(14)15-7-3-1-4-7/h2,5-7H,1,3-4,13H2. The highest BCUT2D eigenvalue weighted by Gasteiger charge is 2.24. The Balaban J connectivity index is 2.16. The van der Waals surface area contributed by atoms with Crippen LogP contribution in [0.15, 0.2) is 18.2 Å². The molecule has 1 aromatic carbocycles. The minimum absolute atomic E-state index is 0.0492. The second-order valence-corrected chi connectivity index (χ2v) is 4.07. The molecule has 0 spiro atoms. The maximum atomic E-state index is 11.7. The highest BCUT2D eigenvalue weighted by atomic mass is 35.5. The maximum Gasteiger partial charge on any atom is 0.342 e. The molecule has 1 aromatic rings. The smallest absolute Gasteiger partial charge is 0.342 e. The summed E-state index contributed by atoms with van der Waals surface area (Å²) in [7, 11) is 0. The summed E-state index contributed by atoms with van der Waals surface area (Å²) in [6, 6.07) is 4.98. The molecule has 0 aliphatic heterocycles. The van der Waals surface area contributed by atoms with Crippen LogP contribution >= 0.6 is 11.6 Å². The molecule has 0 heterocycles. The van der Waals surface area contributed by atoms with Crippen molar-refractivity contribution < 1.29 is 9.53 Å². The second-order valence-electron chi connectivity index (χ2n) is 3.66. The predicted molar refractivity (Wildman–Crippen MR) is 58.9 cm³/mol. The van der Waals surface area contributed by atoms with Crippen LogP contribution in [-0.2, 0) is 4.74 Å². The summed E-state index contributed by atoms with van der Waals surface area (Å²) in [5.41, 5.74) is 6.32. The first-order valence-electron chi connectivity index (χ1n) is 4.93. The topological polar surface area (TPSA) is 52.3 Å². The number of ether oxygens (including phenoxy) is 1. The zero-order valence-corrected chi connectivity index (χ0v) is 8.96. The van der Waals surface area contributed by atoms with Crippen LogP contribution in [0.1, 0.15) is 29.6 Å². The Morgan fingerprint density at radius 1 is 1.47 bits per heavy atom. The van der Waals surface area contributed by atoms with Gasteiger partial charge in [-0.2, -0.15) is 0 Å². The Bertz CT molecular complexity index is 368. The first-order chi connectivity index (χ1) is 7.18. The first kappa shape index (κ1) is 10.3. The van der Waals surface area contributed by atoms with Gasteiger partial charge in [-0.1, -0.05) is 17.7 Å². The molecule has 1 saturated carbocycles. The third-order valence-electron chi connectivity index (χ3n) is 2.58. The fourth-order valence-corrected chi connectivity index (χ4v) is 1.71. The van der Waals surface area contributed by atoms with E-state index in [2.05, 4.69) is 0 Å². The third-order valence-corrected chi connectivity index (χ3v) is 2.89. The van der Waals surface area contributed by atoms with Crippen molar-refractivity contribution in [3.05, 3.63) is 28.8 Å². The summed E-state index contributed by atoms with van der Waals surface area (Å²) in [5, 5.41) is 0.347. The van der Waals surface area contributed by atoms with Gasteiger partial charge >= 0.3 is 5.97 Å². The van der Waals surface area contributed by atoms with Gasteiger partial charge in [-0.25, -0.2) is 4.79 Å². The van der Waals surface area contributed by atoms with Crippen LogP contribution in [0.4, 0.5) is 5.69 Å². The van der Waals surface area contributed by atoms with Crippen LogP contribution in [-0.4, -0.2) is 12.1 Å². The molecule has 4 heteroatoms. The van der Waals surface area contributed by atoms with Gasteiger partial charge in [-0.05, 0) is 31.4 Å². The highest BCUT2D eigenvalue weighted by molar-refractivity contribution is 6.34. The Kier molecular flexibility index (Phi) is 2.82. The summed E-state index contributed by atoms with van der Waals surface area (Å²) in [5.74, 6) is -0.414. The van der Waals surface area contributed by atoms with E-state index < -0.39 is 5.97 Å². The lowest BCUT2D eigenvalue weighted by atomic mass is 9.96. The first-order valence-corrected chi connectivity index (χ1v) is 5.31. The van der Waals surface area contributed by atoms with Gasteiger partial charge in [0, 0.05) is 5.69 Å². The zero-order valence-electron chi connectivity index (χ0n) is 8.20. The van der Waals surface area contributed by atoms with Crippen molar-refractivity contribution in [3.63, 3.8) is 0 Å². The van der Waals surface area contributed by atoms with E-state index in [0.29, 0.717) is 10.7 Å². The number of hydrogen-bond acceptors (Lipinski definition) is 3. The molecular weight excluding hydrogens is 214 g/mol. The minimum Gasteiger partial charge on any atom is -0.459 e. The number of nitrogen functional groups attached to an aromatic ring is 1. The fourth-order valence-electron chi connectivity index (χ4n) is 1.46. The lowest BCUT2D eigenvalue weighted by molar-refractivity contribution is 0.00915. The number of halogens is 1. The Morgan fingerprint density at radius 2 is 2.20 bits per heavy atom. The molecule has 2 rings (SSSR count). The monoisotopic (exact) mass is 225 g/mol. The van der Waals surface area contributed by atoms with E-state index in [1.165, 1.54) is 0 Å².